The van der Waals surface area contributed by atoms with E-state index in [9.17, 15) is 13.7 Å². The predicted octanol–water partition coefficient (Wildman–Crippen LogP) is 4.41. The number of pyridine rings is 1. The number of fused-ring (bicyclic) bond motifs is 1. The van der Waals surface area contributed by atoms with Gasteiger partial charge in [-0.25, -0.2) is 12.4 Å². The Kier molecular flexibility index (Phi) is 5.53. The standard InChI is InChI=1S/C18H17N3O2S.C2H6/c1-13-16(18(2,3)12-19)17-15(10-7-11-20-17)21(13)24(22,23)14-8-5-4-6-9-14;1-2/h4-11H,1-3H3;1-2H3. The highest BCUT2D eigenvalue weighted by Gasteiger charge is 2.32. The highest BCUT2D eigenvalue weighted by molar-refractivity contribution is 7.90. The fourth-order valence-corrected chi connectivity index (χ4v) is 4.59. The van der Waals surface area contributed by atoms with Gasteiger partial charge in [-0.15, -0.1) is 0 Å². The average molecular weight is 369 g/mol. The van der Waals surface area contributed by atoms with Gasteiger partial charge in [-0.2, -0.15) is 5.26 Å². The van der Waals surface area contributed by atoms with Gasteiger partial charge in [0, 0.05) is 17.5 Å². The molecule has 0 aliphatic rings. The maximum Gasteiger partial charge on any atom is 0.268 e. The largest absolute Gasteiger partial charge is 0.268 e. The van der Waals surface area contributed by atoms with Crippen molar-refractivity contribution in [1.29, 1.82) is 5.26 Å². The molecule has 0 spiro atoms. The predicted molar refractivity (Wildman–Crippen MR) is 103 cm³/mol. The maximum atomic E-state index is 13.1. The number of benzene rings is 1. The summed E-state index contributed by atoms with van der Waals surface area (Å²) < 4.78 is 27.6. The van der Waals surface area contributed by atoms with E-state index in [4.69, 9.17) is 0 Å². The van der Waals surface area contributed by atoms with Gasteiger partial charge in [-0.1, -0.05) is 32.0 Å². The molecule has 2 heterocycles. The van der Waals surface area contributed by atoms with Crippen molar-refractivity contribution in [3.05, 3.63) is 59.9 Å². The first kappa shape index (κ1) is 19.7. The summed E-state index contributed by atoms with van der Waals surface area (Å²) in [6.45, 7) is 9.25. The zero-order valence-corrected chi connectivity index (χ0v) is 16.5. The molecule has 3 rings (SSSR count). The van der Waals surface area contributed by atoms with E-state index >= 15 is 0 Å². The number of aromatic nitrogens is 2. The Morgan fingerprint density at radius 2 is 1.69 bits per heavy atom. The zero-order chi connectivity index (χ0) is 19.5. The Morgan fingerprint density at radius 3 is 2.27 bits per heavy atom. The van der Waals surface area contributed by atoms with Gasteiger partial charge in [-0.05, 0) is 45.0 Å². The molecule has 0 bridgehead atoms. The Labute approximate surface area is 155 Å². The fraction of sp³-hybridized carbons (Fsp3) is 0.300. The molecular formula is C20H23N3O2S. The quantitative estimate of drug-likeness (QED) is 0.685. The molecule has 0 saturated carbocycles. The monoisotopic (exact) mass is 369 g/mol. The summed E-state index contributed by atoms with van der Waals surface area (Å²) in [4.78, 5) is 4.55. The van der Waals surface area contributed by atoms with Crippen LogP contribution in [0.4, 0.5) is 0 Å². The summed E-state index contributed by atoms with van der Waals surface area (Å²) in [6, 6.07) is 13.9. The second-order valence-electron chi connectivity index (χ2n) is 6.15. The minimum absolute atomic E-state index is 0.204. The normalized spacial score (nSPS) is 11.5. The lowest BCUT2D eigenvalue weighted by molar-refractivity contribution is 0.587. The van der Waals surface area contributed by atoms with E-state index in [0.29, 0.717) is 22.3 Å². The molecule has 6 heteroatoms. The smallest absolute Gasteiger partial charge is 0.254 e. The van der Waals surface area contributed by atoms with E-state index in [1.54, 1.807) is 69.4 Å². The molecule has 136 valence electrons. The third kappa shape index (κ3) is 3.11. The summed E-state index contributed by atoms with van der Waals surface area (Å²) >= 11 is 0. The Morgan fingerprint density at radius 1 is 1.08 bits per heavy atom. The Balaban J connectivity index is 0.00000117. The molecule has 0 unspecified atom stereocenters. The SMILES string of the molecule is CC.Cc1c(C(C)(C)C#N)c2ncccc2n1S(=O)(=O)c1ccccc1. The first-order chi connectivity index (χ1) is 12.3. The van der Waals surface area contributed by atoms with Crippen LogP contribution in [-0.4, -0.2) is 17.4 Å². The number of hydrogen-bond donors (Lipinski definition) is 0. The molecule has 0 N–H and O–H groups in total. The van der Waals surface area contributed by atoms with Crippen LogP contribution in [0.25, 0.3) is 11.0 Å². The van der Waals surface area contributed by atoms with Crippen LogP contribution in [0.1, 0.15) is 39.0 Å². The third-order valence-electron chi connectivity index (χ3n) is 4.09. The van der Waals surface area contributed by atoms with Gasteiger partial charge in [0.05, 0.1) is 27.4 Å². The van der Waals surface area contributed by atoms with E-state index in [0.717, 1.165) is 0 Å². The summed E-state index contributed by atoms with van der Waals surface area (Å²) in [6.07, 6.45) is 1.61. The number of hydrogen-bond acceptors (Lipinski definition) is 4. The zero-order valence-electron chi connectivity index (χ0n) is 15.7. The van der Waals surface area contributed by atoms with Crippen molar-refractivity contribution in [3.63, 3.8) is 0 Å². The van der Waals surface area contributed by atoms with E-state index < -0.39 is 15.4 Å². The molecular weight excluding hydrogens is 346 g/mol. The molecule has 0 fully saturated rings. The summed E-state index contributed by atoms with van der Waals surface area (Å²) in [5.74, 6) is 0. The van der Waals surface area contributed by atoms with Crippen molar-refractivity contribution in [2.45, 2.75) is 44.9 Å². The van der Waals surface area contributed by atoms with Crippen LogP contribution in [0.15, 0.2) is 53.6 Å². The second kappa shape index (κ2) is 7.30. The molecule has 0 amide bonds. The van der Waals surface area contributed by atoms with Crippen molar-refractivity contribution in [1.82, 2.24) is 8.96 Å². The van der Waals surface area contributed by atoms with Crippen LogP contribution in [0.2, 0.25) is 0 Å². The van der Waals surface area contributed by atoms with Crippen LogP contribution in [0.5, 0.6) is 0 Å². The first-order valence-corrected chi connectivity index (χ1v) is 9.93. The molecule has 0 aliphatic heterocycles. The van der Waals surface area contributed by atoms with Gasteiger partial charge in [-0.3, -0.25) is 4.98 Å². The molecule has 2 aromatic heterocycles. The lowest BCUT2D eigenvalue weighted by atomic mass is 9.85. The van der Waals surface area contributed by atoms with Gasteiger partial charge in [0.15, 0.2) is 0 Å². The summed E-state index contributed by atoms with van der Waals surface area (Å²) in [7, 11) is -3.78. The van der Waals surface area contributed by atoms with Gasteiger partial charge >= 0.3 is 0 Å². The molecule has 5 nitrogen and oxygen atoms in total. The topological polar surface area (TPSA) is 75.8 Å². The van der Waals surface area contributed by atoms with Gasteiger partial charge in [0.1, 0.15) is 0 Å². The number of rotatable bonds is 3. The van der Waals surface area contributed by atoms with Gasteiger partial charge in [0.2, 0.25) is 0 Å². The molecule has 3 aromatic rings. The van der Waals surface area contributed by atoms with Gasteiger partial charge in [0.25, 0.3) is 10.0 Å². The van der Waals surface area contributed by atoms with Crippen LogP contribution >= 0.6 is 0 Å². The number of nitrogens with zero attached hydrogens (tertiary/aromatic N) is 3. The fourth-order valence-electron chi connectivity index (χ4n) is 3.02. The van der Waals surface area contributed by atoms with Gasteiger partial charge < -0.3 is 0 Å². The van der Waals surface area contributed by atoms with E-state index in [1.165, 1.54) is 3.97 Å². The lowest BCUT2D eigenvalue weighted by Crippen LogP contribution is -2.18. The molecule has 0 aliphatic carbocycles. The van der Waals surface area contributed by atoms with Crippen molar-refractivity contribution in [2.75, 3.05) is 0 Å². The molecule has 0 saturated heterocycles. The third-order valence-corrected chi connectivity index (χ3v) is 5.91. The van der Waals surface area contributed by atoms with Crippen molar-refractivity contribution >= 4 is 21.1 Å². The van der Waals surface area contributed by atoms with E-state index in [1.807, 2.05) is 13.8 Å². The minimum atomic E-state index is -3.78. The minimum Gasteiger partial charge on any atom is -0.254 e. The van der Waals surface area contributed by atoms with E-state index in [2.05, 4.69) is 11.1 Å². The van der Waals surface area contributed by atoms with Crippen LogP contribution < -0.4 is 0 Å². The molecule has 26 heavy (non-hydrogen) atoms. The van der Waals surface area contributed by atoms with Crippen LogP contribution in [0, 0.1) is 18.3 Å². The van der Waals surface area contributed by atoms with E-state index in [-0.39, 0.29) is 4.90 Å². The molecule has 1 aromatic carbocycles. The first-order valence-electron chi connectivity index (χ1n) is 8.49. The molecule has 0 atom stereocenters. The summed E-state index contributed by atoms with van der Waals surface area (Å²) in [5.41, 5.74) is 1.33. The maximum absolute atomic E-state index is 13.1. The van der Waals surface area contributed by atoms with Crippen molar-refractivity contribution < 1.29 is 8.42 Å². The average Bonchev–Trinajstić information content (AvgIpc) is 2.97. The van der Waals surface area contributed by atoms with Crippen molar-refractivity contribution in [3.8, 4) is 6.07 Å². The highest BCUT2D eigenvalue weighted by atomic mass is 32.2. The van der Waals surface area contributed by atoms with Crippen LogP contribution in [-0.2, 0) is 15.4 Å². The second-order valence-corrected chi connectivity index (χ2v) is 7.94. The Hall–Kier alpha value is -2.65. The highest BCUT2D eigenvalue weighted by Crippen LogP contribution is 2.36. The Bertz CT molecular complexity index is 1060. The van der Waals surface area contributed by atoms with Crippen LogP contribution in [0.3, 0.4) is 0 Å². The summed E-state index contributed by atoms with van der Waals surface area (Å²) in [5, 5.41) is 9.52. The number of nitriles is 1. The van der Waals surface area contributed by atoms with Crippen molar-refractivity contribution in [2.24, 2.45) is 0 Å². The lowest BCUT2D eigenvalue weighted by Gasteiger charge is -2.16. The molecule has 0 radical (unpaired) electrons.